The van der Waals surface area contributed by atoms with Crippen LogP contribution in [0.15, 0.2) is 0 Å². The maximum absolute atomic E-state index is 11.6. The number of rotatable bonds is 2. The number of nitrogens with zero attached hydrogens (tertiary/aromatic N) is 1. The van der Waals surface area contributed by atoms with Crippen LogP contribution in [-0.2, 0) is 9.53 Å². The van der Waals surface area contributed by atoms with Gasteiger partial charge in [-0.2, -0.15) is 0 Å². The molecule has 0 aliphatic carbocycles. The highest BCUT2D eigenvalue weighted by molar-refractivity contribution is 5.79. The van der Waals surface area contributed by atoms with Crippen molar-refractivity contribution in [2.45, 2.75) is 32.8 Å². The lowest BCUT2D eigenvalue weighted by molar-refractivity contribution is -0.129. The Morgan fingerprint density at radius 3 is 2.88 bits per heavy atom. The normalized spacial score (nSPS) is 17.6. The molecular formula is C11H21N3O3. The highest BCUT2D eigenvalue weighted by atomic mass is 16.6. The molecule has 0 aromatic heterocycles. The molecule has 6 nitrogen and oxygen atoms in total. The molecule has 1 fully saturated rings. The third-order valence-electron chi connectivity index (χ3n) is 2.22. The molecule has 1 aliphatic rings. The van der Waals surface area contributed by atoms with E-state index in [0.29, 0.717) is 13.1 Å². The van der Waals surface area contributed by atoms with Gasteiger partial charge in [0.2, 0.25) is 5.91 Å². The lowest BCUT2D eigenvalue weighted by atomic mass is 10.2. The minimum Gasteiger partial charge on any atom is -0.444 e. The van der Waals surface area contributed by atoms with Crippen molar-refractivity contribution in [1.29, 1.82) is 0 Å². The van der Waals surface area contributed by atoms with Crippen LogP contribution in [0.1, 0.15) is 27.2 Å². The van der Waals surface area contributed by atoms with Crippen LogP contribution in [0, 0.1) is 0 Å². The number of hydrogen-bond acceptors (Lipinski definition) is 4. The Morgan fingerprint density at radius 2 is 2.24 bits per heavy atom. The second kappa shape index (κ2) is 5.86. The molecule has 1 heterocycles. The van der Waals surface area contributed by atoms with Crippen molar-refractivity contribution >= 4 is 12.0 Å². The van der Waals surface area contributed by atoms with Crippen molar-refractivity contribution in [3.63, 3.8) is 0 Å². The summed E-state index contributed by atoms with van der Waals surface area (Å²) in [5, 5.41) is 5.60. The van der Waals surface area contributed by atoms with E-state index in [2.05, 4.69) is 10.6 Å². The molecule has 0 unspecified atom stereocenters. The van der Waals surface area contributed by atoms with Gasteiger partial charge in [0.1, 0.15) is 5.60 Å². The van der Waals surface area contributed by atoms with Crippen molar-refractivity contribution in [2.24, 2.45) is 0 Å². The number of alkyl carbamates (subject to hydrolysis) is 1. The second-order valence-corrected chi connectivity index (χ2v) is 5.02. The summed E-state index contributed by atoms with van der Waals surface area (Å²) in [6.07, 6.45) is 0.393. The van der Waals surface area contributed by atoms with Crippen molar-refractivity contribution in [3.05, 3.63) is 0 Å². The number of carbonyl (C=O) groups excluding carboxylic acids is 2. The van der Waals surface area contributed by atoms with Crippen molar-refractivity contribution in [1.82, 2.24) is 15.5 Å². The Bertz CT molecular complexity index is 286. The summed E-state index contributed by atoms with van der Waals surface area (Å²) >= 11 is 0. The standard InChI is InChI=1S/C11H21N3O3/c1-11(2,3)17-10(16)13-8-14-6-4-5-12-7-9(14)15/h12H,4-8H2,1-3H3,(H,13,16). The second-order valence-electron chi connectivity index (χ2n) is 5.02. The van der Waals surface area contributed by atoms with Crippen LogP contribution in [0.3, 0.4) is 0 Å². The Labute approximate surface area is 102 Å². The van der Waals surface area contributed by atoms with Crippen molar-refractivity contribution in [2.75, 3.05) is 26.3 Å². The third-order valence-corrected chi connectivity index (χ3v) is 2.22. The van der Waals surface area contributed by atoms with Gasteiger partial charge in [-0.25, -0.2) is 4.79 Å². The molecule has 0 saturated carbocycles. The molecule has 6 heteroatoms. The first kappa shape index (κ1) is 13.8. The van der Waals surface area contributed by atoms with Gasteiger partial charge in [0.15, 0.2) is 0 Å². The van der Waals surface area contributed by atoms with Gasteiger partial charge in [-0.15, -0.1) is 0 Å². The summed E-state index contributed by atoms with van der Waals surface area (Å²) in [6.45, 7) is 7.41. The molecule has 1 aliphatic heterocycles. The SMILES string of the molecule is CC(C)(C)OC(=O)NCN1CCCNCC1=O. The lowest BCUT2D eigenvalue weighted by Crippen LogP contribution is -2.44. The minimum absolute atomic E-state index is 0.00133. The van der Waals surface area contributed by atoms with Crippen LogP contribution >= 0.6 is 0 Å². The summed E-state index contributed by atoms with van der Waals surface area (Å²) < 4.78 is 5.09. The van der Waals surface area contributed by atoms with E-state index in [4.69, 9.17) is 4.74 Å². The first-order valence-electron chi connectivity index (χ1n) is 5.84. The maximum atomic E-state index is 11.6. The number of amides is 2. The Morgan fingerprint density at radius 1 is 1.53 bits per heavy atom. The molecule has 0 aromatic carbocycles. The molecule has 17 heavy (non-hydrogen) atoms. The van der Waals surface area contributed by atoms with Crippen LogP contribution in [0.5, 0.6) is 0 Å². The van der Waals surface area contributed by atoms with Gasteiger partial charge < -0.3 is 20.3 Å². The van der Waals surface area contributed by atoms with Crippen LogP contribution in [0.25, 0.3) is 0 Å². The van der Waals surface area contributed by atoms with E-state index < -0.39 is 11.7 Å². The topological polar surface area (TPSA) is 70.7 Å². The summed E-state index contributed by atoms with van der Waals surface area (Å²) in [4.78, 5) is 24.6. The molecule has 2 amide bonds. The molecule has 2 N–H and O–H groups in total. The highest BCUT2D eigenvalue weighted by Crippen LogP contribution is 2.06. The smallest absolute Gasteiger partial charge is 0.409 e. The van der Waals surface area contributed by atoms with Crippen LogP contribution < -0.4 is 10.6 Å². The lowest BCUT2D eigenvalue weighted by Gasteiger charge is -2.23. The highest BCUT2D eigenvalue weighted by Gasteiger charge is 2.19. The molecule has 98 valence electrons. The maximum Gasteiger partial charge on any atom is 0.409 e. The van der Waals surface area contributed by atoms with E-state index in [0.717, 1.165) is 13.0 Å². The summed E-state index contributed by atoms with van der Waals surface area (Å²) in [5.74, 6) is -0.00133. The monoisotopic (exact) mass is 243 g/mol. The van der Waals surface area contributed by atoms with Crippen molar-refractivity contribution in [3.8, 4) is 0 Å². The Hall–Kier alpha value is -1.30. The zero-order valence-corrected chi connectivity index (χ0v) is 10.7. The van der Waals surface area contributed by atoms with Gasteiger partial charge in [0.05, 0.1) is 13.2 Å². The average molecular weight is 243 g/mol. The number of ether oxygens (including phenoxy) is 1. The van der Waals surface area contributed by atoms with E-state index in [1.807, 2.05) is 0 Å². The van der Waals surface area contributed by atoms with Gasteiger partial charge in [-0.05, 0) is 33.7 Å². The van der Waals surface area contributed by atoms with E-state index in [9.17, 15) is 9.59 Å². The van der Waals surface area contributed by atoms with Gasteiger partial charge >= 0.3 is 6.09 Å². The molecule has 0 spiro atoms. The fourth-order valence-corrected chi connectivity index (χ4v) is 1.47. The fourth-order valence-electron chi connectivity index (χ4n) is 1.47. The first-order valence-corrected chi connectivity index (χ1v) is 5.84. The molecule has 0 radical (unpaired) electrons. The fraction of sp³-hybridized carbons (Fsp3) is 0.818. The van der Waals surface area contributed by atoms with Gasteiger partial charge in [-0.1, -0.05) is 0 Å². The molecule has 0 bridgehead atoms. The third kappa shape index (κ3) is 5.53. The Kier molecular flexibility index (Phi) is 4.74. The number of hydrogen-bond donors (Lipinski definition) is 2. The minimum atomic E-state index is -0.519. The average Bonchev–Trinajstić information content (AvgIpc) is 2.37. The largest absolute Gasteiger partial charge is 0.444 e. The van der Waals surface area contributed by atoms with Crippen LogP contribution in [0.4, 0.5) is 4.79 Å². The molecule has 0 aromatic rings. The van der Waals surface area contributed by atoms with Gasteiger partial charge in [0.25, 0.3) is 0 Å². The summed E-state index contributed by atoms with van der Waals surface area (Å²) in [6, 6.07) is 0. The molecule has 0 atom stereocenters. The number of nitrogens with one attached hydrogen (secondary N) is 2. The summed E-state index contributed by atoms with van der Waals surface area (Å²) in [5.41, 5.74) is -0.519. The quantitative estimate of drug-likeness (QED) is 0.731. The molecular weight excluding hydrogens is 222 g/mol. The molecule has 1 saturated heterocycles. The van der Waals surface area contributed by atoms with E-state index in [1.165, 1.54) is 0 Å². The summed E-state index contributed by atoms with van der Waals surface area (Å²) in [7, 11) is 0. The van der Waals surface area contributed by atoms with Crippen LogP contribution in [-0.4, -0.2) is 48.8 Å². The van der Waals surface area contributed by atoms with Crippen molar-refractivity contribution < 1.29 is 14.3 Å². The Balaban J connectivity index is 2.33. The van der Waals surface area contributed by atoms with E-state index >= 15 is 0 Å². The number of carbonyl (C=O) groups is 2. The zero-order chi connectivity index (χ0) is 12.9. The predicted octanol–water partition coefficient (Wildman–Crippen LogP) is 0.291. The van der Waals surface area contributed by atoms with E-state index in [-0.39, 0.29) is 12.6 Å². The van der Waals surface area contributed by atoms with Crippen LogP contribution in [0.2, 0.25) is 0 Å². The van der Waals surface area contributed by atoms with Gasteiger partial charge in [0, 0.05) is 6.54 Å². The predicted molar refractivity (Wildman–Crippen MR) is 63.4 cm³/mol. The van der Waals surface area contributed by atoms with E-state index in [1.54, 1.807) is 25.7 Å². The van der Waals surface area contributed by atoms with Gasteiger partial charge in [-0.3, -0.25) is 4.79 Å². The molecule has 1 rings (SSSR count). The first-order chi connectivity index (χ1) is 7.88. The zero-order valence-electron chi connectivity index (χ0n) is 10.7.